The number of rotatable bonds is 6. The number of aliphatic hydroxyl groups is 1. The number of carbonyl (C=O) groups is 2. The zero-order valence-electron chi connectivity index (χ0n) is 20.4. The molecule has 36 heavy (non-hydrogen) atoms. The average molecular weight is 486 g/mol. The summed E-state index contributed by atoms with van der Waals surface area (Å²) in [5, 5.41) is 11.4. The Hall–Kier alpha value is -4.26. The maximum Gasteiger partial charge on any atom is 0.300 e. The topological polar surface area (TPSA) is 85.3 Å². The van der Waals surface area contributed by atoms with Crippen LogP contribution in [-0.4, -0.2) is 30.2 Å². The summed E-state index contributed by atoms with van der Waals surface area (Å²) in [6.07, 6.45) is 0. The fourth-order valence-electron chi connectivity index (χ4n) is 4.55. The van der Waals surface area contributed by atoms with E-state index >= 15 is 0 Å². The van der Waals surface area contributed by atoms with Crippen LogP contribution in [0.15, 0.2) is 72.3 Å². The van der Waals surface area contributed by atoms with E-state index < -0.39 is 17.7 Å². The number of anilines is 1. The van der Waals surface area contributed by atoms with Crippen molar-refractivity contribution in [2.24, 2.45) is 0 Å². The van der Waals surface area contributed by atoms with Gasteiger partial charge in [-0.2, -0.15) is 0 Å². The van der Waals surface area contributed by atoms with Gasteiger partial charge in [0, 0.05) is 11.3 Å². The highest BCUT2D eigenvalue weighted by Gasteiger charge is 2.47. The van der Waals surface area contributed by atoms with Crippen molar-refractivity contribution in [2.45, 2.75) is 32.7 Å². The summed E-state index contributed by atoms with van der Waals surface area (Å²) in [5.41, 5.74) is 2.77. The van der Waals surface area contributed by atoms with Gasteiger partial charge in [0.2, 0.25) is 6.79 Å². The molecule has 0 radical (unpaired) electrons. The van der Waals surface area contributed by atoms with E-state index in [1.807, 2.05) is 31.2 Å². The van der Waals surface area contributed by atoms with Crippen LogP contribution in [0, 0.1) is 0 Å². The van der Waals surface area contributed by atoms with Crippen molar-refractivity contribution < 1.29 is 28.9 Å². The maximum absolute atomic E-state index is 13.4. The van der Waals surface area contributed by atoms with E-state index in [-0.39, 0.29) is 18.1 Å². The average Bonchev–Trinajstić information content (AvgIpc) is 3.46. The van der Waals surface area contributed by atoms with Gasteiger partial charge >= 0.3 is 0 Å². The Bertz CT molecular complexity index is 1340. The minimum atomic E-state index is -0.811. The highest BCUT2D eigenvalue weighted by Crippen LogP contribution is 2.44. The third-order valence-electron chi connectivity index (χ3n) is 6.44. The van der Waals surface area contributed by atoms with Gasteiger partial charge in [-0.05, 0) is 66.4 Å². The molecule has 1 N–H and O–H groups in total. The summed E-state index contributed by atoms with van der Waals surface area (Å²) >= 11 is 0. The first-order valence-electron chi connectivity index (χ1n) is 11.9. The summed E-state index contributed by atoms with van der Waals surface area (Å²) in [4.78, 5) is 28.2. The first-order valence-corrected chi connectivity index (χ1v) is 11.9. The number of amides is 1. The van der Waals surface area contributed by atoms with E-state index in [9.17, 15) is 14.7 Å². The normalized spacial score (nSPS) is 18.2. The van der Waals surface area contributed by atoms with E-state index in [1.165, 1.54) is 4.90 Å². The molecule has 0 aliphatic carbocycles. The van der Waals surface area contributed by atoms with Crippen LogP contribution in [0.5, 0.6) is 17.2 Å². The SMILES string of the molecule is CCOc1ccc(N2C(=O)C(=O)/C(=C(\O)c3ccc4c(c3)OCO4)C2c2ccc(C(C)C)cc2)cc1. The Morgan fingerprint density at radius 3 is 2.36 bits per heavy atom. The largest absolute Gasteiger partial charge is 0.507 e. The second-order valence-electron chi connectivity index (χ2n) is 8.99. The number of ketones is 1. The molecule has 0 spiro atoms. The van der Waals surface area contributed by atoms with Crippen LogP contribution in [0.25, 0.3) is 5.76 Å². The van der Waals surface area contributed by atoms with Crippen LogP contribution >= 0.6 is 0 Å². The molecule has 0 aromatic heterocycles. The van der Waals surface area contributed by atoms with Crippen LogP contribution in [0.2, 0.25) is 0 Å². The van der Waals surface area contributed by atoms with E-state index in [4.69, 9.17) is 14.2 Å². The molecule has 1 saturated heterocycles. The van der Waals surface area contributed by atoms with Crippen LogP contribution in [-0.2, 0) is 9.59 Å². The Balaban J connectivity index is 1.65. The van der Waals surface area contributed by atoms with Crippen molar-refractivity contribution >= 4 is 23.1 Å². The monoisotopic (exact) mass is 485 g/mol. The first kappa shape index (κ1) is 23.5. The zero-order valence-corrected chi connectivity index (χ0v) is 20.4. The number of hydrogen-bond acceptors (Lipinski definition) is 6. The van der Waals surface area contributed by atoms with Crippen LogP contribution in [0.4, 0.5) is 5.69 Å². The van der Waals surface area contributed by atoms with Crippen LogP contribution in [0.3, 0.4) is 0 Å². The maximum atomic E-state index is 13.4. The van der Waals surface area contributed by atoms with E-state index in [2.05, 4.69) is 13.8 Å². The number of Topliss-reactive ketones (excluding diaryl/α,β-unsaturated/α-hetero) is 1. The summed E-state index contributed by atoms with van der Waals surface area (Å²) in [7, 11) is 0. The molecule has 7 heteroatoms. The molecule has 5 rings (SSSR count). The number of nitrogens with zero attached hydrogens (tertiary/aromatic N) is 1. The molecule has 2 aliphatic rings. The van der Waals surface area contributed by atoms with Gasteiger partial charge < -0.3 is 19.3 Å². The highest BCUT2D eigenvalue weighted by atomic mass is 16.7. The molecule has 7 nitrogen and oxygen atoms in total. The van der Waals surface area contributed by atoms with Gasteiger partial charge in [-0.1, -0.05) is 38.1 Å². The Morgan fingerprint density at radius 1 is 1.00 bits per heavy atom. The molecule has 3 aromatic rings. The van der Waals surface area contributed by atoms with Crippen molar-refractivity contribution in [3.05, 3.63) is 89.0 Å². The molecule has 3 aromatic carbocycles. The quantitative estimate of drug-likeness (QED) is 0.279. The number of aliphatic hydroxyl groups excluding tert-OH is 1. The lowest BCUT2D eigenvalue weighted by molar-refractivity contribution is -0.132. The predicted molar refractivity (Wildman–Crippen MR) is 135 cm³/mol. The molecule has 1 atom stereocenters. The lowest BCUT2D eigenvalue weighted by Crippen LogP contribution is -2.29. The van der Waals surface area contributed by atoms with Gasteiger partial charge in [0.15, 0.2) is 11.5 Å². The van der Waals surface area contributed by atoms with E-state index in [0.29, 0.717) is 41.0 Å². The van der Waals surface area contributed by atoms with E-state index in [0.717, 1.165) is 11.1 Å². The molecule has 0 saturated carbocycles. The van der Waals surface area contributed by atoms with Crippen molar-refractivity contribution in [3.63, 3.8) is 0 Å². The lowest BCUT2D eigenvalue weighted by Gasteiger charge is -2.26. The number of hydrogen-bond donors (Lipinski definition) is 1. The van der Waals surface area contributed by atoms with Gasteiger partial charge in [0.1, 0.15) is 11.5 Å². The summed E-state index contributed by atoms with van der Waals surface area (Å²) < 4.78 is 16.3. The molecule has 2 aliphatic heterocycles. The Morgan fingerprint density at radius 2 is 1.69 bits per heavy atom. The molecule has 2 heterocycles. The zero-order chi connectivity index (χ0) is 25.4. The van der Waals surface area contributed by atoms with Crippen LogP contribution in [0.1, 0.15) is 49.4 Å². The second-order valence-corrected chi connectivity index (χ2v) is 8.99. The second kappa shape index (κ2) is 9.41. The highest BCUT2D eigenvalue weighted by molar-refractivity contribution is 6.51. The Labute approximate surface area is 209 Å². The summed E-state index contributed by atoms with van der Waals surface area (Å²) in [5.74, 6) is 0.287. The molecule has 1 fully saturated rings. The third-order valence-corrected chi connectivity index (χ3v) is 6.44. The fourth-order valence-corrected chi connectivity index (χ4v) is 4.55. The molecule has 1 amide bonds. The number of benzene rings is 3. The van der Waals surface area contributed by atoms with E-state index in [1.54, 1.807) is 42.5 Å². The van der Waals surface area contributed by atoms with Crippen molar-refractivity contribution in [1.82, 2.24) is 0 Å². The minimum Gasteiger partial charge on any atom is -0.507 e. The van der Waals surface area contributed by atoms with Crippen LogP contribution < -0.4 is 19.1 Å². The lowest BCUT2D eigenvalue weighted by atomic mass is 9.93. The standard InChI is InChI=1S/C29H27NO6/c1-4-34-22-12-10-21(11-13-22)30-26(19-7-5-18(6-8-19)17(2)3)25(28(32)29(30)33)27(31)20-9-14-23-24(15-20)36-16-35-23/h5-15,17,26,31H,4,16H2,1-3H3/b27-25-. The number of fused-ring (bicyclic) bond motifs is 1. The molecular formula is C29H27NO6. The van der Waals surface area contributed by atoms with Gasteiger partial charge in [0.05, 0.1) is 18.2 Å². The number of carbonyl (C=O) groups excluding carboxylic acids is 2. The van der Waals surface area contributed by atoms with Gasteiger partial charge in [-0.25, -0.2) is 0 Å². The molecule has 184 valence electrons. The van der Waals surface area contributed by atoms with Gasteiger partial charge in [0.25, 0.3) is 11.7 Å². The van der Waals surface area contributed by atoms with Crippen molar-refractivity contribution in [2.75, 3.05) is 18.3 Å². The van der Waals surface area contributed by atoms with Crippen molar-refractivity contribution in [3.8, 4) is 17.2 Å². The van der Waals surface area contributed by atoms with Gasteiger partial charge in [-0.3, -0.25) is 14.5 Å². The summed E-state index contributed by atoms with van der Waals surface area (Å²) in [6.45, 7) is 6.69. The molecule has 0 bridgehead atoms. The number of ether oxygens (including phenoxy) is 3. The van der Waals surface area contributed by atoms with Gasteiger partial charge in [-0.15, -0.1) is 0 Å². The van der Waals surface area contributed by atoms with Crippen molar-refractivity contribution in [1.29, 1.82) is 0 Å². The summed E-state index contributed by atoms with van der Waals surface area (Å²) in [6, 6.07) is 18.9. The predicted octanol–water partition coefficient (Wildman–Crippen LogP) is 5.56. The minimum absolute atomic E-state index is 0.0186. The third kappa shape index (κ3) is 4.06. The Kier molecular flexibility index (Phi) is 6.14. The smallest absolute Gasteiger partial charge is 0.300 e. The fraction of sp³-hybridized carbons (Fsp3) is 0.241. The molecule has 1 unspecified atom stereocenters. The first-order chi connectivity index (χ1) is 17.4. The molecular weight excluding hydrogens is 458 g/mol.